The summed E-state index contributed by atoms with van der Waals surface area (Å²) in [5.41, 5.74) is 1.03. The first-order valence-corrected chi connectivity index (χ1v) is 5.54. The summed E-state index contributed by atoms with van der Waals surface area (Å²) >= 11 is 0. The molecule has 0 amide bonds. The first-order chi connectivity index (χ1) is 7.59. The lowest BCUT2D eigenvalue weighted by Crippen LogP contribution is -2.20. The first-order valence-electron chi connectivity index (χ1n) is 5.54. The normalized spacial score (nSPS) is 23.4. The maximum atomic E-state index is 10.9. The van der Waals surface area contributed by atoms with Gasteiger partial charge in [0.15, 0.2) is 0 Å². The van der Waals surface area contributed by atoms with Crippen molar-refractivity contribution in [3.8, 4) is 0 Å². The van der Waals surface area contributed by atoms with Crippen LogP contribution in [0.25, 0.3) is 0 Å². The zero-order valence-corrected chi connectivity index (χ0v) is 9.60. The fraction of sp³-hybridized carbons (Fsp3) is 0.636. The molecule has 0 saturated heterocycles. The van der Waals surface area contributed by atoms with E-state index in [2.05, 4.69) is 17.3 Å². The Kier molecular flexibility index (Phi) is 2.96. The predicted octanol–water partition coefficient (Wildman–Crippen LogP) is 0.864. The summed E-state index contributed by atoms with van der Waals surface area (Å²) < 4.78 is 1.62. The molecular formula is C11H17N3O2. The third-order valence-corrected chi connectivity index (χ3v) is 3.27. The van der Waals surface area contributed by atoms with E-state index in [1.807, 2.05) is 0 Å². The minimum absolute atomic E-state index is 0.291. The van der Waals surface area contributed by atoms with E-state index in [0.29, 0.717) is 12.1 Å². The van der Waals surface area contributed by atoms with Crippen molar-refractivity contribution in [2.45, 2.75) is 19.9 Å². The molecule has 2 atom stereocenters. The summed E-state index contributed by atoms with van der Waals surface area (Å²) in [6.07, 6.45) is 2.68. The lowest BCUT2D eigenvalue weighted by Gasteiger charge is -2.05. The van der Waals surface area contributed by atoms with Crippen LogP contribution < -0.4 is 5.32 Å². The second-order valence-electron chi connectivity index (χ2n) is 4.54. The number of aromatic carboxylic acids is 1. The average Bonchev–Trinajstić information content (AvgIpc) is 2.78. The minimum atomic E-state index is -0.912. The van der Waals surface area contributed by atoms with Crippen molar-refractivity contribution in [3.63, 3.8) is 0 Å². The first kappa shape index (κ1) is 11.1. The van der Waals surface area contributed by atoms with Gasteiger partial charge in [0.1, 0.15) is 5.56 Å². The lowest BCUT2D eigenvalue weighted by molar-refractivity contribution is 0.0695. The van der Waals surface area contributed by atoms with Gasteiger partial charge in [-0.05, 0) is 24.8 Å². The third kappa shape index (κ3) is 2.24. The van der Waals surface area contributed by atoms with Gasteiger partial charge >= 0.3 is 5.97 Å². The molecule has 0 aliphatic heterocycles. The molecule has 0 spiro atoms. The number of carboxylic acid groups (broad SMARTS) is 1. The molecule has 0 aromatic carbocycles. The van der Waals surface area contributed by atoms with Crippen LogP contribution in [-0.4, -0.2) is 27.4 Å². The lowest BCUT2D eigenvalue weighted by atomic mass is 10.2. The molecule has 2 N–H and O–H groups in total. The van der Waals surface area contributed by atoms with E-state index in [1.54, 1.807) is 11.7 Å². The van der Waals surface area contributed by atoms with Crippen molar-refractivity contribution < 1.29 is 9.90 Å². The highest BCUT2D eigenvalue weighted by molar-refractivity contribution is 5.88. The van der Waals surface area contributed by atoms with Gasteiger partial charge in [0, 0.05) is 13.6 Å². The highest BCUT2D eigenvalue weighted by Gasteiger charge is 2.31. The fourth-order valence-corrected chi connectivity index (χ4v) is 1.91. The van der Waals surface area contributed by atoms with Crippen molar-refractivity contribution in [2.24, 2.45) is 18.9 Å². The average molecular weight is 223 g/mol. The van der Waals surface area contributed by atoms with Crippen LogP contribution in [-0.2, 0) is 13.6 Å². The van der Waals surface area contributed by atoms with Gasteiger partial charge in [-0.1, -0.05) is 6.92 Å². The molecule has 2 rings (SSSR count). The van der Waals surface area contributed by atoms with Gasteiger partial charge in [0.05, 0.1) is 11.9 Å². The van der Waals surface area contributed by atoms with Crippen molar-refractivity contribution in [1.29, 1.82) is 0 Å². The predicted molar refractivity (Wildman–Crippen MR) is 59.1 cm³/mol. The number of nitrogens with one attached hydrogen (secondary N) is 1. The zero-order chi connectivity index (χ0) is 11.7. The summed E-state index contributed by atoms with van der Waals surface area (Å²) in [6, 6.07) is 0. The highest BCUT2D eigenvalue weighted by atomic mass is 16.4. The number of hydrogen-bond donors (Lipinski definition) is 2. The van der Waals surface area contributed by atoms with E-state index >= 15 is 0 Å². The van der Waals surface area contributed by atoms with Crippen molar-refractivity contribution in [3.05, 3.63) is 17.5 Å². The summed E-state index contributed by atoms with van der Waals surface area (Å²) in [7, 11) is 1.77. The van der Waals surface area contributed by atoms with Gasteiger partial charge in [-0.25, -0.2) is 4.79 Å². The van der Waals surface area contributed by atoms with Crippen LogP contribution in [0.2, 0.25) is 0 Å². The number of aryl methyl sites for hydroxylation is 1. The van der Waals surface area contributed by atoms with E-state index in [0.717, 1.165) is 24.1 Å². The summed E-state index contributed by atoms with van der Waals surface area (Å²) in [6.45, 7) is 3.77. The molecule has 1 heterocycles. The van der Waals surface area contributed by atoms with Gasteiger partial charge in [0.2, 0.25) is 0 Å². The van der Waals surface area contributed by atoms with Crippen LogP contribution in [0, 0.1) is 11.8 Å². The molecule has 1 fully saturated rings. The Morgan fingerprint density at radius 3 is 3.00 bits per heavy atom. The molecule has 1 saturated carbocycles. The zero-order valence-electron chi connectivity index (χ0n) is 9.60. The minimum Gasteiger partial charge on any atom is -0.478 e. The van der Waals surface area contributed by atoms with Gasteiger partial charge in [-0.2, -0.15) is 5.10 Å². The van der Waals surface area contributed by atoms with Crippen LogP contribution in [0.15, 0.2) is 6.20 Å². The van der Waals surface area contributed by atoms with Crippen molar-refractivity contribution in [1.82, 2.24) is 15.1 Å². The third-order valence-electron chi connectivity index (χ3n) is 3.27. The second-order valence-corrected chi connectivity index (χ2v) is 4.54. The van der Waals surface area contributed by atoms with E-state index < -0.39 is 5.97 Å². The number of aromatic nitrogens is 2. The number of nitrogens with zero attached hydrogens (tertiary/aromatic N) is 2. The molecule has 1 aliphatic rings. The number of carbonyl (C=O) groups is 1. The molecule has 1 aliphatic carbocycles. The summed E-state index contributed by atoms with van der Waals surface area (Å²) in [5.74, 6) is 0.671. The molecule has 5 nitrogen and oxygen atoms in total. The van der Waals surface area contributed by atoms with Crippen LogP contribution in [0.4, 0.5) is 0 Å². The summed E-state index contributed by atoms with van der Waals surface area (Å²) in [4.78, 5) is 10.9. The Morgan fingerprint density at radius 2 is 2.44 bits per heavy atom. The quantitative estimate of drug-likeness (QED) is 0.777. The van der Waals surface area contributed by atoms with Gasteiger partial charge in [-0.3, -0.25) is 4.68 Å². The molecular weight excluding hydrogens is 206 g/mol. The van der Waals surface area contributed by atoms with Gasteiger partial charge in [0.25, 0.3) is 0 Å². The maximum absolute atomic E-state index is 10.9. The molecule has 16 heavy (non-hydrogen) atoms. The topological polar surface area (TPSA) is 67.2 Å². The van der Waals surface area contributed by atoms with E-state index in [9.17, 15) is 4.79 Å². The number of hydrogen-bond acceptors (Lipinski definition) is 3. The van der Waals surface area contributed by atoms with E-state index in [4.69, 9.17) is 5.11 Å². The number of rotatable bonds is 5. The van der Waals surface area contributed by atoms with Gasteiger partial charge in [-0.15, -0.1) is 0 Å². The number of carboxylic acids is 1. The Labute approximate surface area is 94.5 Å². The van der Waals surface area contributed by atoms with Crippen LogP contribution in [0.5, 0.6) is 0 Å². The Bertz CT molecular complexity index is 400. The molecule has 2 unspecified atom stereocenters. The Hall–Kier alpha value is -1.36. The molecule has 0 radical (unpaired) electrons. The fourth-order valence-electron chi connectivity index (χ4n) is 1.91. The monoisotopic (exact) mass is 223 g/mol. The standard InChI is InChI=1S/C11H17N3O2/c1-7-3-8(7)4-12-6-10-9(11(15)16)5-13-14(10)2/h5,7-8,12H,3-4,6H2,1-2H3,(H,15,16). The molecule has 1 aromatic heterocycles. The maximum Gasteiger partial charge on any atom is 0.339 e. The van der Waals surface area contributed by atoms with Crippen LogP contribution in [0.3, 0.4) is 0 Å². The molecule has 0 bridgehead atoms. The SMILES string of the molecule is CC1CC1CNCc1c(C(=O)O)cnn1C. The Balaban J connectivity index is 1.92. The smallest absolute Gasteiger partial charge is 0.339 e. The summed E-state index contributed by atoms with van der Waals surface area (Å²) in [5, 5.41) is 16.2. The molecule has 1 aromatic rings. The van der Waals surface area contributed by atoms with E-state index in [1.165, 1.54) is 12.6 Å². The molecule has 88 valence electrons. The Morgan fingerprint density at radius 1 is 1.75 bits per heavy atom. The largest absolute Gasteiger partial charge is 0.478 e. The van der Waals surface area contributed by atoms with Gasteiger partial charge < -0.3 is 10.4 Å². The second kappa shape index (κ2) is 4.25. The van der Waals surface area contributed by atoms with Crippen LogP contribution in [0.1, 0.15) is 29.4 Å². The van der Waals surface area contributed by atoms with Crippen molar-refractivity contribution >= 4 is 5.97 Å². The van der Waals surface area contributed by atoms with E-state index in [-0.39, 0.29) is 0 Å². The molecule has 5 heteroatoms. The van der Waals surface area contributed by atoms with Crippen molar-refractivity contribution in [2.75, 3.05) is 6.54 Å². The van der Waals surface area contributed by atoms with Crippen LogP contribution >= 0.6 is 0 Å². The highest BCUT2D eigenvalue weighted by Crippen LogP contribution is 2.36.